The van der Waals surface area contributed by atoms with E-state index in [9.17, 15) is 4.21 Å². The van der Waals surface area contributed by atoms with E-state index in [4.69, 9.17) is 0 Å². The van der Waals surface area contributed by atoms with Crippen LogP contribution in [-0.4, -0.2) is 37.8 Å². The normalized spacial score (nSPS) is 22.5. The highest BCUT2D eigenvalue weighted by atomic mass is 32.2. The first-order chi connectivity index (χ1) is 9.02. The van der Waals surface area contributed by atoms with Gasteiger partial charge in [0.05, 0.1) is 16.1 Å². The summed E-state index contributed by atoms with van der Waals surface area (Å²) in [7, 11) is -0.733. The third kappa shape index (κ3) is 2.66. The maximum absolute atomic E-state index is 12.4. The summed E-state index contributed by atoms with van der Waals surface area (Å²) in [5.74, 6) is 1.69. The first-order valence-corrected chi connectivity index (χ1v) is 8.28. The predicted octanol–water partition coefficient (Wildman–Crippen LogP) is 2.22. The van der Waals surface area contributed by atoms with E-state index >= 15 is 0 Å². The molecule has 1 fully saturated rings. The van der Waals surface area contributed by atoms with Gasteiger partial charge in [0, 0.05) is 35.8 Å². The van der Waals surface area contributed by atoms with Crippen molar-refractivity contribution in [3.63, 3.8) is 0 Å². The number of aryl methyl sites for hydroxylation is 2. The van der Waals surface area contributed by atoms with Gasteiger partial charge in [-0.25, -0.2) is 4.98 Å². The molecule has 1 aliphatic heterocycles. The van der Waals surface area contributed by atoms with E-state index < -0.39 is 10.8 Å². The molecule has 1 aromatic rings. The minimum absolute atomic E-state index is 0.0872. The quantitative estimate of drug-likeness (QED) is 0.852. The summed E-state index contributed by atoms with van der Waals surface area (Å²) < 4.78 is 12.3. The standard InChI is InChI=1S/C14H23N3OS/c1-5-14(6-2)10-17(7-8-19(14)18)13-12(4)15-9-11(3)16-13/h9H,5-8,10H2,1-4H3. The molecule has 106 valence electrons. The number of anilines is 1. The van der Waals surface area contributed by atoms with Gasteiger partial charge in [0.2, 0.25) is 0 Å². The number of nitrogens with zero attached hydrogens (tertiary/aromatic N) is 3. The lowest BCUT2D eigenvalue weighted by Gasteiger charge is -2.42. The maximum Gasteiger partial charge on any atom is 0.150 e. The zero-order valence-electron chi connectivity index (χ0n) is 12.3. The van der Waals surface area contributed by atoms with Crippen molar-refractivity contribution in [2.24, 2.45) is 0 Å². The summed E-state index contributed by atoms with van der Waals surface area (Å²) in [6.45, 7) is 9.87. The first kappa shape index (κ1) is 14.4. The number of hydrogen-bond acceptors (Lipinski definition) is 4. The molecule has 1 saturated heterocycles. The summed E-state index contributed by atoms with van der Waals surface area (Å²) in [6.07, 6.45) is 3.70. The van der Waals surface area contributed by atoms with Gasteiger partial charge in [-0.15, -0.1) is 0 Å². The fourth-order valence-corrected chi connectivity index (χ4v) is 4.47. The molecule has 2 heterocycles. The molecular weight excluding hydrogens is 258 g/mol. The molecule has 1 unspecified atom stereocenters. The van der Waals surface area contributed by atoms with Crippen LogP contribution in [0.25, 0.3) is 0 Å². The molecule has 0 bridgehead atoms. The largest absolute Gasteiger partial charge is 0.353 e. The van der Waals surface area contributed by atoms with E-state index in [1.807, 2.05) is 13.8 Å². The number of hydrogen-bond donors (Lipinski definition) is 0. The molecule has 0 aliphatic carbocycles. The minimum atomic E-state index is -0.733. The van der Waals surface area contributed by atoms with Crippen LogP contribution in [0.4, 0.5) is 5.82 Å². The Kier molecular flexibility index (Phi) is 4.23. The van der Waals surface area contributed by atoms with Crippen LogP contribution in [0, 0.1) is 13.8 Å². The van der Waals surface area contributed by atoms with Crippen molar-refractivity contribution >= 4 is 16.6 Å². The summed E-state index contributed by atoms with van der Waals surface area (Å²) in [4.78, 5) is 11.3. The molecule has 0 saturated carbocycles. The fraction of sp³-hybridized carbons (Fsp3) is 0.714. The van der Waals surface area contributed by atoms with Crippen LogP contribution in [0.1, 0.15) is 38.1 Å². The second-order valence-electron chi connectivity index (χ2n) is 5.28. The van der Waals surface area contributed by atoms with Crippen LogP contribution >= 0.6 is 0 Å². The second kappa shape index (κ2) is 5.57. The molecule has 4 nitrogen and oxygen atoms in total. The first-order valence-electron chi connectivity index (χ1n) is 6.96. The molecule has 0 N–H and O–H groups in total. The summed E-state index contributed by atoms with van der Waals surface area (Å²) in [5, 5.41) is 0. The Hall–Kier alpha value is -0.970. The summed E-state index contributed by atoms with van der Waals surface area (Å²) in [6, 6.07) is 0. The average Bonchev–Trinajstić information content (AvgIpc) is 2.42. The van der Waals surface area contributed by atoms with E-state index in [-0.39, 0.29) is 4.75 Å². The summed E-state index contributed by atoms with van der Waals surface area (Å²) in [5.41, 5.74) is 1.89. The van der Waals surface area contributed by atoms with Crippen molar-refractivity contribution in [1.29, 1.82) is 0 Å². The van der Waals surface area contributed by atoms with Gasteiger partial charge >= 0.3 is 0 Å². The zero-order valence-corrected chi connectivity index (χ0v) is 13.1. The lowest BCUT2D eigenvalue weighted by molar-refractivity contribution is 0.493. The second-order valence-corrected chi connectivity index (χ2v) is 7.25. The van der Waals surface area contributed by atoms with Crippen molar-refractivity contribution in [1.82, 2.24) is 9.97 Å². The Morgan fingerprint density at radius 1 is 1.37 bits per heavy atom. The van der Waals surface area contributed by atoms with Crippen LogP contribution in [0.5, 0.6) is 0 Å². The highest BCUT2D eigenvalue weighted by Crippen LogP contribution is 2.31. The molecule has 0 amide bonds. The molecule has 1 aliphatic rings. The van der Waals surface area contributed by atoms with Crippen LogP contribution < -0.4 is 4.90 Å². The van der Waals surface area contributed by atoms with Crippen LogP contribution in [0.15, 0.2) is 6.20 Å². The zero-order chi connectivity index (χ0) is 14.0. The van der Waals surface area contributed by atoms with E-state index in [1.165, 1.54) is 0 Å². The molecular formula is C14H23N3OS. The third-order valence-electron chi connectivity index (χ3n) is 4.15. The average molecular weight is 281 g/mol. The molecule has 5 heteroatoms. The third-order valence-corrected chi connectivity index (χ3v) is 6.37. The van der Waals surface area contributed by atoms with Crippen molar-refractivity contribution in [2.75, 3.05) is 23.7 Å². The highest BCUT2D eigenvalue weighted by molar-refractivity contribution is 7.86. The lowest BCUT2D eigenvalue weighted by Crippen LogP contribution is -2.53. The molecule has 0 spiro atoms. The Morgan fingerprint density at radius 2 is 2.05 bits per heavy atom. The Bertz CT molecular complexity index is 486. The van der Waals surface area contributed by atoms with E-state index in [2.05, 4.69) is 28.7 Å². The predicted molar refractivity (Wildman–Crippen MR) is 80.0 cm³/mol. The Morgan fingerprint density at radius 3 is 2.68 bits per heavy atom. The monoisotopic (exact) mass is 281 g/mol. The molecule has 0 radical (unpaired) electrons. The topological polar surface area (TPSA) is 46.1 Å². The molecule has 2 rings (SSSR count). The Balaban J connectivity index is 2.32. The van der Waals surface area contributed by atoms with Gasteiger partial charge in [0.1, 0.15) is 5.82 Å². The number of aromatic nitrogens is 2. The van der Waals surface area contributed by atoms with Crippen molar-refractivity contribution in [2.45, 2.75) is 45.3 Å². The van der Waals surface area contributed by atoms with Crippen molar-refractivity contribution in [3.05, 3.63) is 17.6 Å². The highest BCUT2D eigenvalue weighted by Gasteiger charge is 2.39. The fourth-order valence-electron chi connectivity index (χ4n) is 2.71. The van der Waals surface area contributed by atoms with Crippen LogP contribution in [-0.2, 0) is 10.8 Å². The molecule has 1 aromatic heterocycles. The summed E-state index contributed by atoms with van der Waals surface area (Å²) >= 11 is 0. The van der Waals surface area contributed by atoms with E-state index in [0.717, 1.165) is 48.9 Å². The van der Waals surface area contributed by atoms with Crippen molar-refractivity contribution < 1.29 is 4.21 Å². The van der Waals surface area contributed by atoms with Gasteiger partial charge in [-0.05, 0) is 26.7 Å². The smallest absolute Gasteiger partial charge is 0.150 e. The van der Waals surface area contributed by atoms with Gasteiger partial charge < -0.3 is 4.90 Å². The van der Waals surface area contributed by atoms with Crippen LogP contribution in [0.3, 0.4) is 0 Å². The van der Waals surface area contributed by atoms with E-state index in [0.29, 0.717) is 0 Å². The van der Waals surface area contributed by atoms with Gasteiger partial charge in [-0.2, -0.15) is 0 Å². The number of rotatable bonds is 3. The molecule has 0 aromatic carbocycles. The maximum atomic E-state index is 12.4. The minimum Gasteiger partial charge on any atom is -0.353 e. The van der Waals surface area contributed by atoms with Gasteiger partial charge in [-0.1, -0.05) is 13.8 Å². The SMILES string of the molecule is CCC1(CC)CN(c2nc(C)cnc2C)CCS1=O. The van der Waals surface area contributed by atoms with Crippen LogP contribution in [0.2, 0.25) is 0 Å². The van der Waals surface area contributed by atoms with Gasteiger partial charge in [0.15, 0.2) is 0 Å². The molecule has 19 heavy (non-hydrogen) atoms. The van der Waals surface area contributed by atoms with Gasteiger partial charge in [0.25, 0.3) is 0 Å². The molecule has 1 atom stereocenters. The Labute approximate surface area is 118 Å². The van der Waals surface area contributed by atoms with Gasteiger partial charge in [-0.3, -0.25) is 9.19 Å². The van der Waals surface area contributed by atoms with Crippen molar-refractivity contribution in [3.8, 4) is 0 Å². The van der Waals surface area contributed by atoms with E-state index in [1.54, 1.807) is 6.20 Å². The lowest BCUT2D eigenvalue weighted by atomic mass is 10.0.